The number of carbonyl (C=O) groups excluding carboxylic acids is 2. The standard InChI is InChI=1S/C19H22N4O3/c1-11-14(10-23(2)22-11)18-16(7-8-26-18)21-19(25)13-3-5-15-12(9-13)4-6-17(24)20-15/h3,5,9-10,16,18H,4,6-8H2,1-2H3,(H,20,24)(H,21,25)/t16-,18+/m0/s1. The molecule has 2 amide bonds. The molecule has 136 valence electrons. The number of nitrogens with zero attached hydrogens (tertiary/aromatic N) is 2. The van der Waals surface area contributed by atoms with Gasteiger partial charge in [-0.25, -0.2) is 0 Å². The Morgan fingerprint density at radius 3 is 3.00 bits per heavy atom. The lowest BCUT2D eigenvalue weighted by molar-refractivity contribution is -0.116. The van der Waals surface area contributed by atoms with Crippen LogP contribution in [-0.2, 0) is 23.0 Å². The maximum absolute atomic E-state index is 12.7. The van der Waals surface area contributed by atoms with Gasteiger partial charge < -0.3 is 15.4 Å². The Morgan fingerprint density at radius 1 is 1.38 bits per heavy atom. The summed E-state index contributed by atoms with van der Waals surface area (Å²) in [6.45, 7) is 2.56. The zero-order valence-corrected chi connectivity index (χ0v) is 14.9. The van der Waals surface area contributed by atoms with Crippen LogP contribution in [-0.4, -0.2) is 34.2 Å². The Kier molecular flexibility index (Phi) is 4.24. The van der Waals surface area contributed by atoms with E-state index in [1.807, 2.05) is 26.2 Å². The van der Waals surface area contributed by atoms with Crippen LogP contribution in [0.1, 0.15) is 46.1 Å². The van der Waals surface area contributed by atoms with E-state index in [0.29, 0.717) is 25.0 Å². The average Bonchev–Trinajstić information content (AvgIpc) is 3.19. The third-order valence-electron chi connectivity index (χ3n) is 5.03. The molecule has 0 radical (unpaired) electrons. The third-order valence-corrected chi connectivity index (χ3v) is 5.03. The molecule has 3 heterocycles. The normalized spacial score (nSPS) is 22.0. The van der Waals surface area contributed by atoms with E-state index in [1.54, 1.807) is 16.8 Å². The number of aryl methyl sites for hydroxylation is 3. The molecule has 1 saturated heterocycles. The molecular formula is C19H22N4O3. The summed E-state index contributed by atoms with van der Waals surface area (Å²) in [5, 5.41) is 10.3. The molecule has 1 fully saturated rings. The van der Waals surface area contributed by atoms with Gasteiger partial charge in [0, 0.05) is 43.1 Å². The van der Waals surface area contributed by atoms with Crippen LogP contribution < -0.4 is 10.6 Å². The highest BCUT2D eigenvalue weighted by atomic mass is 16.5. The van der Waals surface area contributed by atoms with Crippen LogP contribution >= 0.6 is 0 Å². The maximum Gasteiger partial charge on any atom is 0.251 e. The van der Waals surface area contributed by atoms with Gasteiger partial charge in [-0.05, 0) is 43.5 Å². The zero-order valence-electron chi connectivity index (χ0n) is 14.9. The smallest absolute Gasteiger partial charge is 0.251 e. The molecule has 2 aliphatic heterocycles. The second-order valence-corrected chi connectivity index (χ2v) is 6.92. The molecule has 7 heteroatoms. The highest BCUT2D eigenvalue weighted by Crippen LogP contribution is 2.31. The van der Waals surface area contributed by atoms with Gasteiger partial charge in [-0.1, -0.05) is 0 Å². The fourth-order valence-electron chi connectivity index (χ4n) is 3.72. The molecule has 0 bridgehead atoms. The van der Waals surface area contributed by atoms with Crippen LogP contribution in [0.4, 0.5) is 5.69 Å². The van der Waals surface area contributed by atoms with E-state index in [1.165, 1.54) is 0 Å². The van der Waals surface area contributed by atoms with E-state index < -0.39 is 0 Å². The van der Waals surface area contributed by atoms with Gasteiger partial charge in [-0.2, -0.15) is 5.10 Å². The van der Waals surface area contributed by atoms with E-state index in [2.05, 4.69) is 15.7 Å². The first-order chi connectivity index (χ1) is 12.5. The van der Waals surface area contributed by atoms with Crippen molar-refractivity contribution in [2.45, 2.75) is 38.3 Å². The van der Waals surface area contributed by atoms with E-state index in [9.17, 15) is 9.59 Å². The molecule has 26 heavy (non-hydrogen) atoms. The minimum Gasteiger partial charge on any atom is -0.371 e. The van der Waals surface area contributed by atoms with Crippen molar-refractivity contribution >= 4 is 17.5 Å². The van der Waals surface area contributed by atoms with Crippen molar-refractivity contribution in [2.24, 2.45) is 7.05 Å². The van der Waals surface area contributed by atoms with E-state index in [-0.39, 0.29) is 24.0 Å². The fraction of sp³-hybridized carbons (Fsp3) is 0.421. The summed E-state index contributed by atoms with van der Waals surface area (Å²) < 4.78 is 7.64. The summed E-state index contributed by atoms with van der Waals surface area (Å²) in [5.74, 6) is -0.0979. The van der Waals surface area contributed by atoms with Crippen LogP contribution in [0.3, 0.4) is 0 Å². The predicted molar refractivity (Wildman–Crippen MR) is 95.9 cm³/mol. The molecule has 4 rings (SSSR count). The molecular weight excluding hydrogens is 332 g/mol. The quantitative estimate of drug-likeness (QED) is 0.881. The third kappa shape index (κ3) is 3.10. The van der Waals surface area contributed by atoms with Crippen LogP contribution in [0.2, 0.25) is 0 Å². The number of nitrogens with one attached hydrogen (secondary N) is 2. The van der Waals surface area contributed by atoms with Gasteiger partial charge in [-0.15, -0.1) is 0 Å². The van der Waals surface area contributed by atoms with Gasteiger partial charge in [0.2, 0.25) is 5.91 Å². The summed E-state index contributed by atoms with van der Waals surface area (Å²) >= 11 is 0. The first kappa shape index (κ1) is 16.8. The monoisotopic (exact) mass is 354 g/mol. The van der Waals surface area contributed by atoms with Crippen LogP contribution in [0.5, 0.6) is 0 Å². The molecule has 1 aromatic carbocycles. The summed E-state index contributed by atoms with van der Waals surface area (Å²) in [4.78, 5) is 24.2. The average molecular weight is 354 g/mol. The minimum absolute atomic E-state index is 0.0208. The van der Waals surface area contributed by atoms with Gasteiger partial charge in [0.25, 0.3) is 5.91 Å². The topological polar surface area (TPSA) is 85.2 Å². The van der Waals surface area contributed by atoms with Crippen molar-refractivity contribution in [2.75, 3.05) is 11.9 Å². The van der Waals surface area contributed by atoms with Crippen molar-refractivity contribution in [1.82, 2.24) is 15.1 Å². The molecule has 2 aromatic rings. The number of hydrogen-bond donors (Lipinski definition) is 2. The largest absolute Gasteiger partial charge is 0.371 e. The molecule has 1 aromatic heterocycles. The van der Waals surface area contributed by atoms with Crippen molar-refractivity contribution in [3.8, 4) is 0 Å². The van der Waals surface area contributed by atoms with Crippen molar-refractivity contribution < 1.29 is 14.3 Å². The molecule has 0 aliphatic carbocycles. The number of fused-ring (bicyclic) bond motifs is 1. The number of aromatic nitrogens is 2. The van der Waals surface area contributed by atoms with E-state index in [4.69, 9.17) is 4.74 Å². The lowest BCUT2D eigenvalue weighted by Crippen LogP contribution is -2.37. The fourth-order valence-corrected chi connectivity index (χ4v) is 3.72. The molecule has 2 atom stereocenters. The lowest BCUT2D eigenvalue weighted by atomic mass is 9.99. The zero-order chi connectivity index (χ0) is 18.3. The van der Waals surface area contributed by atoms with Gasteiger partial charge in [0.15, 0.2) is 0 Å². The number of carbonyl (C=O) groups is 2. The first-order valence-corrected chi connectivity index (χ1v) is 8.86. The lowest BCUT2D eigenvalue weighted by Gasteiger charge is -2.21. The minimum atomic E-state index is -0.176. The predicted octanol–water partition coefficient (Wildman–Crippen LogP) is 1.87. The highest BCUT2D eigenvalue weighted by molar-refractivity contribution is 5.98. The molecule has 0 saturated carbocycles. The molecule has 2 N–H and O–H groups in total. The molecule has 0 spiro atoms. The first-order valence-electron chi connectivity index (χ1n) is 8.86. The van der Waals surface area contributed by atoms with Crippen LogP contribution in [0.25, 0.3) is 0 Å². The Morgan fingerprint density at radius 2 is 2.23 bits per heavy atom. The van der Waals surface area contributed by atoms with E-state index in [0.717, 1.165) is 28.9 Å². The number of benzene rings is 1. The number of rotatable bonds is 3. The number of ether oxygens (including phenoxy) is 1. The van der Waals surface area contributed by atoms with E-state index >= 15 is 0 Å². The molecule has 2 aliphatic rings. The second kappa shape index (κ2) is 6.57. The summed E-state index contributed by atoms with van der Waals surface area (Å²) in [6.07, 6.45) is 3.66. The molecule has 7 nitrogen and oxygen atoms in total. The van der Waals surface area contributed by atoms with Gasteiger partial charge >= 0.3 is 0 Å². The maximum atomic E-state index is 12.7. The van der Waals surface area contributed by atoms with Crippen LogP contribution in [0.15, 0.2) is 24.4 Å². The SMILES string of the molecule is Cc1nn(C)cc1[C@H]1OCC[C@@H]1NC(=O)c1ccc2c(c1)CCC(=O)N2. The Bertz CT molecular complexity index is 874. The van der Waals surface area contributed by atoms with Crippen LogP contribution in [0, 0.1) is 6.92 Å². The summed E-state index contributed by atoms with van der Waals surface area (Å²) in [7, 11) is 1.88. The Hall–Kier alpha value is -2.67. The van der Waals surface area contributed by atoms with Crippen molar-refractivity contribution in [3.05, 3.63) is 46.8 Å². The summed E-state index contributed by atoms with van der Waals surface area (Å²) in [5.41, 5.74) is 4.34. The van der Waals surface area contributed by atoms with Crippen molar-refractivity contribution in [3.63, 3.8) is 0 Å². The Balaban J connectivity index is 1.51. The number of anilines is 1. The van der Waals surface area contributed by atoms with Gasteiger partial charge in [-0.3, -0.25) is 14.3 Å². The van der Waals surface area contributed by atoms with Gasteiger partial charge in [0.1, 0.15) is 6.10 Å². The van der Waals surface area contributed by atoms with Crippen molar-refractivity contribution in [1.29, 1.82) is 0 Å². The van der Waals surface area contributed by atoms with Gasteiger partial charge in [0.05, 0.1) is 11.7 Å². The second-order valence-electron chi connectivity index (χ2n) is 6.92. The number of hydrogen-bond acceptors (Lipinski definition) is 4. The Labute approximate surface area is 151 Å². The highest BCUT2D eigenvalue weighted by Gasteiger charge is 2.33. The molecule has 0 unspecified atom stereocenters. The summed E-state index contributed by atoms with van der Waals surface area (Å²) in [6, 6.07) is 5.33. The number of amides is 2.